The van der Waals surface area contributed by atoms with E-state index < -0.39 is 0 Å². The van der Waals surface area contributed by atoms with Gasteiger partial charge < -0.3 is 4.74 Å². The summed E-state index contributed by atoms with van der Waals surface area (Å²) in [4.78, 5) is 12.4. The van der Waals surface area contributed by atoms with Crippen LogP contribution >= 0.6 is 11.8 Å². The van der Waals surface area contributed by atoms with Gasteiger partial charge in [0.05, 0.1) is 15.9 Å². The van der Waals surface area contributed by atoms with Crippen LogP contribution in [0.3, 0.4) is 0 Å². The van der Waals surface area contributed by atoms with Crippen molar-refractivity contribution in [3.63, 3.8) is 0 Å². The van der Waals surface area contributed by atoms with Crippen LogP contribution in [0.5, 0.6) is 5.75 Å². The van der Waals surface area contributed by atoms with E-state index in [4.69, 9.17) is 4.74 Å². The fraction of sp³-hybridized carbons (Fsp3) is 0.250. The monoisotopic (exact) mass is 303 g/mol. The van der Waals surface area contributed by atoms with E-state index in [1.54, 1.807) is 12.1 Å². The predicted octanol–water partition coefficient (Wildman–Crippen LogP) is 4.84. The van der Waals surface area contributed by atoms with Crippen LogP contribution in [-0.2, 0) is 0 Å². The smallest absolute Gasteiger partial charge is 0.283 e. The average Bonchev–Trinajstić information content (AvgIpc) is 2.42. The van der Waals surface area contributed by atoms with Gasteiger partial charge in [-0.1, -0.05) is 17.8 Å². The van der Waals surface area contributed by atoms with Crippen LogP contribution in [0.15, 0.2) is 52.3 Å². The Balaban J connectivity index is 2.20. The summed E-state index contributed by atoms with van der Waals surface area (Å²) in [6, 6.07) is 12.8. The fourth-order valence-electron chi connectivity index (χ4n) is 1.84. The predicted molar refractivity (Wildman–Crippen MR) is 84.2 cm³/mol. The summed E-state index contributed by atoms with van der Waals surface area (Å²) >= 11 is 1.38. The molecule has 0 unspecified atom stereocenters. The lowest BCUT2D eigenvalue weighted by Gasteiger charge is -2.10. The molecule has 0 saturated carbocycles. The van der Waals surface area contributed by atoms with Crippen molar-refractivity contribution >= 4 is 17.4 Å². The molecule has 0 aromatic heterocycles. The number of nitrogens with zero attached hydrogens (tertiary/aromatic N) is 1. The standard InChI is InChI=1S/C16H17NO3S/c1-11(2)20-13-5-7-14(8-6-13)21-16-9-4-12(3)10-15(16)17(18)19/h4-11H,1-3H3. The highest BCUT2D eigenvalue weighted by Gasteiger charge is 2.14. The van der Waals surface area contributed by atoms with Crippen molar-refractivity contribution in [2.24, 2.45) is 0 Å². The van der Waals surface area contributed by atoms with Crippen molar-refractivity contribution in [2.75, 3.05) is 0 Å². The number of nitro benzene ring substituents is 1. The van der Waals surface area contributed by atoms with Gasteiger partial charge in [-0.25, -0.2) is 0 Å². The molecule has 0 atom stereocenters. The third kappa shape index (κ3) is 4.23. The first-order valence-corrected chi connectivity index (χ1v) is 7.47. The van der Waals surface area contributed by atoms with Crippen molar-refractivity contribution in [1.29, 1.82) is 0 Å². The third-order valence-corrected chi connectivity index (χ3v) is 3.81. The number of aryl methyl sites for hydroxylation is 1. The molecule has 0 bridgehead atoms. The Hall–Kier alpha value is -2.01. The first-order valence-electron chi connectivity index (χ1n) is 6.65. The molecule has 0 aliphatic carbocycles. The molecule has 5 heteroatoms. The van der Waals surface area contributed by atoms with Gasteiger partial charge in [0.15, 0.2) is 0 Å². The van der Waals surface area contributed by atoms with E-state index in [9.17, 15) is 10.1 Å². The molecule has 0 amide bonds. The van der Waals surface area contributed by atoms with Crippen LogP contribution in [0.1, 0.15) is 19.4 Å². The highest BCUT2D eigenvalue weighted by molar-refractivity contribution is 7.99. The van der Waals surface area contributed by atoms with Gasteiger partial charge in [0.25, 0.3) is 5.69 Å². The molecular formula is C16H17NO3S. The van der Waals surface area contributed by atoms with Crippen LogP contribution in [0.4, 0.5) is 5.69 Å². The minimum Gasteiger partial charge on any atom is -0.491 e. The van der Waals surface area contributed by atoms with E-state index in [-0.39, 0.29) is 16.7 Å². The Bertz CT molecular complexity index is 638. The first kappa shape index (κ1) is 15.4. The van der Waals surface area contributed by atoms with Gasteiger partial charge in [-0.15, -0.1) is 0 Å². The second kappa shape index (κ2) is 6.63. The largest absolute Gasteiger partial charge is 0.491 e. The summed E-state index contributed by atoms with van der Waals surface area (Å²) < 4.78 is 5.58. The Labute approximate surface area is 128 Å². The Morgan fingerprint density at radius 3 is 2.38 bits per heavy atom. The lowest BCUT2D eigenvalue weighted by molar-refractivity contribution is -0.387. The number of hydrogen-bond donors (Lipinski definition) is 0. The molecule has 21 heavy (non-hydrogen) atoms. The van der Waals surface area contributed by atoms with Gasteiger partial charge >= 0.3 is 0 Å². The molecule has 110 valence electrons. The second-order valence-corrected chi connectivity index (χ2v) is 6.08. The van der Waals surface area contributed by atoms with Gasteiger partial charge in [-0.2, -0.15) is 0 Å². The Morgan fingerprint density at radius 2 is 1.81 bits per heavy atom. The lowest BCUT2D eigenvalue weighted by Crippen LogP contribution is -2.05. The molecule has 0 spiro atoms. The lowest BCUT2D eigenvalue weighted by atomic mass is 10.2. The van der Waals surface area contributed by atoms with Gasteiger partial charge in [-0.05, 0) is 56.7 Å². The number of benzene rings is 2. The fourth-order valence-corrected chi connectivity index (χ4v) is 2.74. The molecule has 2 aromatic carbocycles. The van der Waals surface area contributed by atoms with Gasteiger partial charge in [0.2, 0.25) is 0 Å². The molecule has 0 radical (unpaired) electrons. The van der Waals surface area contributed by atoms with Gasteiger partial charge in [-0.3, -0.25) is 10.1 Å². The van der Waals surface area contributed by atoms with Crippen molar-refractivity contribution in [1.82, 2.24) is 0 Å². The molecule has 2 rings (SSSR count). The Morgan fingerprint density at radius 1 is 1.14 bits per heavy atom. The number of ether oxygens (including phenoxy) is 1. The SMILES string of the molecule is Cc1ccc(Sc2ccc(OC(C)C)cc2)c([N+](=O)[O-])c1. The van der Waals surface area contributed by atoms with Crippen molar-refractivity contribution in [3.05, 3.63) is 58.1 Å². The van der Waals surface area contributed by atoms with Crippen LogP contribution in [0.25, 0.3) is 0 Å². The summed E-state index contributed by atoms with van der Waals surface area (Å²) in [5.74, 6) is 0.799. The zero-order valence-corrected chi connectivity index (χ0v) is 13.0. The molecule has 0 N–H and O–H groups in total. The maximum Gasteiger partial charge on any atom is 0.283 e. The molecule has 0 fully saturated rings. The van der Waals surface area contributed by atoms with E-state index in [0.29, 0.717) is 4.90 Å². The van der Waals surface area contributed by atoms with E-state index in [0.717, 1.165) is 16.2 Å². The first-order chi connectivity index (χ1) is 9.95. The van der Waals surface area contributed by atoms with E-state index in [1.165, 1.54) is 11.8 Å². The maximum atomic E-state index is 11.1. The van der Waals surface area contributed by atoms with Crippen molar-refractivity contribution < 1.29 is 9.66 Å². The Kier molecular flexibility index (Phi) is 4.85. The van der Waals surface area contributed by atoms with Crippen LogP contribution < -0.4 is 4.74 Å². The zero-order valence-electron chi connectivity index (χ0n) is 12.2. The maximum absolute atomic E-state index is 11.1. The topological polar surface area (TPSA) is 52.4 Å². The summed E-state index contributed by atoms with van der Waals surface area (Å²) in [5.41, 5.74) is 1.02. The normalized spacial score (nSPS) is 10.7. The van der Waals surface area contributed by atoms with Crippen LogP contribution in [0.2, 0.25) is 0 Å². The van der Waals surface area contributed by atoms with Crippen molar-refractivity contribution in [3.8, 4) is 5.75 Å². The zero-order chi connectivity index (χ0) is 15.4. The molecule has 0 aliphatic rings. The summed E-state index contributed by atoms with van der Waals surface area (Å²) in [7, 11) is 0. The molecule has 2 aromatic rings. The molecule has 0 saturated heterocycles. The number of nitro groups is 1. The second-order valence-electron chi connectivity index (χ2n) is 4.97. The minimum absolute atomic E-state index is 0.127. The highest BCUT2D eigenvalue weighted by atomic mass is 32.2. The van der Waals surface area contributed by atoms with E-state index >= 15 is 0 Å². The molecule has 0 heterocycles. The molecule has 0 aliphatic heterocycles. The highest BCUT2D eigenvalue weighted by Crippen LogP contribution is 2.35. The number of hydrogen-bond acceptors (Lipinski definition) is 4. The minimum atomic E-state index is -0.342. The summed E-state index contributed by atoms with van der Waals surface area (Å²) in [5, 5.41) is 11.1. The summed E-state index contributed by atoms with van der Waals surface area (Å²) in [6.07, 6.45) is 0.127. The van der Waals surface area contributed by atoms with Crippen LogP contribution in [0, 0.1) is 17.0 Å². The van der Waals surface area contributed by atoms with Crippen LogP contribution in [-0.4, -0.2) is 11.0 Å². The average molecular weight is 303 g/mol. The molecule has 4 nitrogen and oxygen atoms in total. The third-order valence-electron chi connectivity index (χ3n) is 2.73. The van der Waals surface area contributed by atoms with E-state index in [1.807, 2.05) is 51.1 Å². The molecular weight excluding hydrogens is 286 g/mol. The summed E-state index contributed by atoms with van der Waals surface area (Å²) in [6.45, 7) is 5.79. The van der Waals surface area contributed by atoms with Crippen molar-refractivity contribution in [2.45, 2.75) is 36.7 Å². The van der Waals surface area contributed by atoms with Gasteiger partial charge in [0, 0.05) is 11.0 Å². The quantitative estimate of drug-likeness (QED) is 0.585. The van der Waals surface area contributed by atoms with Gasteiger partial charge in [0.1, 0.15) is 5.75 Å². The van der Waals surface area contributed by atoms with E-state index in [2.05, 4.69) is 0 Å². The number of rotatable bonds is 5.